The van der Waals surface area contributed by atoms with Crippen molar-refractivity contribution in [3.8, 4) is 0 Å². The summed E-state index contributed by atoms with van der Waals surface area (Å²) in [7, 11) is 0. The van der Waals surface area contributed by atoms with Crippen LogP contribution in [0.5, 0.6) is 0 Å². The summed E-state index contributed by atoms with van der Waals surface area (Å²) < 4.78 is 6.14. The number of nitrogens with zero attached hydrogens (tertiary/aromatic N) is 4. The molecule has 1 saturated heterocycles. The Balaban J connectivity index is 1.55. The summed E-state index contributed by atoms with van der Waals surface area (Å²) in [5.74, 6) is 1.71. The van der Waals surface area contributed by atoms with Gasteiger partial charge < -0.3 is 15.0 Å². The van der Waals surface area contributed by atoms with Gasteiger partial charge in [-0.2, -0.15) is 0 Å². The number of hydrogen-bond acceptors (Lipinski definition) is 6. The molecule has 7 nitrogen and oxygen atoms in total. The van der Waals surface area contributed by atoms with Crippen LogP contribution in [-0.4, -0.2) is 46.6 Å². The highest BCUT2D eigenvalue weighted by Crippen LogP contribution is 2.29. The van der Waals surface area contributed by atoms with Crippen LogP contribution in [0.3, 0.4) is 0 Å². The van der Waals surface area contributed by atoms with E-state index >= 15 is 0 Å². The Morgan fingerprint density at radius 3 is 3.00 bits per heavy atom. The fourth-order valence-corrected chi connectivity index (χ4v) is 3.76. The Morgan fingerprint density at radius 1 is 1.32 bits per heavy atom. The molecule has 4 heterocycles. The van der Waals surface area contributed by atoms with E-state index < -0.39 is 0 Å². The summed E-state index contributed by atoms with van der Waals surface area (Å²) in [4.78, 5) is 28.4. The van der Waals surface area contributed by atoms with Crippen molar-refractivity contribution in [3.63, 3.8) is 0 Å². The van der Waals surface area contributed by atoms with Gasteiger partial charge in [-0.1, -0.05) is 19.9 Å². The minimum Gasteiger partial charge on any atom is -0.370 e. The van der Waals surface area contributed by atoms with Crippen LogP contribution < -0.4 is 10.2 Å². The van der Waals surface area contributed by atoms with E-state index in [4.69, 9.17) is 9.72 Å². The molecule has 28 heavy (non-hydrogen) atoms. The van der Waals surface area contributed by atoms with E-state index in [1.54, 1.807) is 6.20 Å². The van der Waals surface area contributed by atoms with E-state index in [1.165, 1.54) is 0 Å². The van der Waals surface area contributed by atoms with Gasteiger partial charge in [-0.25, -0.2) is 9.97 Å². The predicted octanol–water partition coefficient (Wildman–Crippen LogP) is 2.47. The second kappa shape index (κ2) is 8.22. The zero-order valence-corrected chi connectivity index (χ0v) is 16.5. The van der Waals surface area contributed by atoms with Crippen LogP contribution in [0.25, 0.3) is 0 Å². The van der Waals surface area contributed by atoms with Gasteiger partial charge in [-0.05, 0) is 31.4 Å². The molecule has 2 aliphatic heterocycles. The normalized spacial score (nSPS) is 19.5. The molecule has 0 saturated carbocycles. The molecule has 0 bridgehead atoms. The van der Waals surface area contributed by atoms with Crippen molar-refractivity contribution in [1.29, 1.82) is 0 Å². The first kappa shape index (κ1) is 18.8. The number of pyridine rings is 1. The number of anilines is 1. The Kier molecular flexibility index (Phi) is 5.52. The summed E-state index contributed by atoms with van der Waals surface area (Å²) in [6.45, 7) is 6.96. The van der Waals surface area contributed by atoms with E-state index in [0.29, 0.717) is 18.8 Å². The molecule has 4 rings (SSSR count). The van der Waals surface area contributed by atoms with Crippen LogP contribution in [0.1, 0.15) is 60.2 Å². The van der Waals surface area contributed by atoms with Gasteiger partial charge in [0.15, 0.2) is 0 Å². The molecule has 1 N–H and O–H groups in total. The van der Waals surface area contributed by atoms with Crippen LogP contribution in [0.15, 0.2) is 24.4 Å². The number of fused-ring (bicyclic) bond motifs is 1. The third kappa shape index (κ3) is 3.99. The summed E-state index contributed by atoms with van der Waals surface area (Å²) in [5, 5.41) is 2.90. The lowest BCUT2D eigenvalue weighted by atomic mass is 10.0. The number of amides is 1. The predicted molar refractivity (Wildman–Crippen MR) is 106 cm³/mol. The standard InChI is InChI=1S/C21H27N5O2/c1-14(2)19-24-18-17(8-10-23-21(18)27)20(25-19)26-11-5-7-16(12-26)28-13-15-6-3-4-9-22-15/h3-4,6,9,14,16H,5,7-8,10-13H2,1-2H3,(H,23,27). The SMILES string of the molecule is CC(C)c1nc2c(c(N3CCCC(OCc4ccccn4)C3)n1)CCNC2=O. The molecule has 148 valence electrons. The molecule has 1 amide bonds. The number of carbonyl (C=O) groups is 1. The van der Waals surface area contributed by atoms with E-state index in [2.05, 4.69) is 34.0 Å². The highest BCUT2D eigenvalue weighted by atomic mass is 16.5. The zero-order valence-electron chi connectivity index (χ0n) is 16.5. The molecule has 1 fully saturated rings. The lowest BCUT2D eigenvalue weighted by Gasteiger charge is -2.35. The van der Waals surface area contributed by atoms with Crippen molar-refractivity contribution in [2.75, 3.05) is 24.5 Å². The molecule has 1 unspecified atom stereocenters. The van der Waals surface area contributed by atoms with Gasteiger partial charge >= 0.3 is 0 Å². The molecular weight excluding hydrogens is 354 g/mol. The first-order chi connectivity index (χ1) is 13.6. The van der Waals surface area contributed by atoms with Crippen molar-refractivity contribution >= 4 is 11.7 Å². The Morgan fingerprint density at radius 2 is 2.21 bits per heavy atom. The van der Waals surface area contributed by atoms with Crippen molar-refractivity contribution < 1.29 is 9.53 Å². The second-order valence-electron chi connectivity index (χ2n) is 7.74. The van der Waals surface area contributed by atoms with Crippen molar-refractivity contribution in [2.24, 2.45) is 0 Å². The van der Waals surface area contributed by atoms with E-state index in [1.807, 2.05) is 18.2 Å². The Labute approximate surface area is 165 Å². The molecule has 2 aromatic heterocycles. The van der Waals surface area contributed by atoms with Gasteiger partial charge in [0.25, 0.3) is 5.91 Å². The van der Waals surface area contributed by atoms with Gasteiger partial charge in [0, 0.05) is 37.3 Å². The smallest absolute Gasteiger partial charge is 0.270 e. The summed E-state index contributed by atoms with van der Waals surface area (Å²) >= 11 is 0. The Bertz CT molecular complexity index is 840. The van der Waals surface area contributed by atoms with Gasteiger partial charge in [-0.15, -0.1) is 0 Å². The monoisotopic (exact) mass is 381 g/mol. The maximum Gasteiger partial charge on any atom is 0.270 e. The highest BCUT2D eigenvalue weighted by molar-refractivity contribution is 5.96. The van der Waals surface area contributed by atoms with Crippen LogP contribution >= 0.6 is 0 Å². The lowest BCUT2D eigenvalue weighted by Crippen LogP contribution is -2.42. The van der Waals surface area contributed by atoms with E-state index in [9.17, 15) is 4.79 Å². The average molecular weight is 381 g/mol. The zero-order chi connectivity index (χ0) is 19.5. The topological polar surface area (TPSA) is 80.2 Å². The molecule has 0 aromatic carbocycles. The van der Waals surface area contributed by atoms with Crippen LogP contribution in [0, 0.1) is 0 Å². The third-order valence-electron chi connectivity index (χ3n) is 5.27. The molecule has 0 aliphatic carbocycles. The average Bonchev–Trinajstić information content (AvgIpc) is 2.73. The number of aromatic nitrogens is 3. The minimum absolute atomic E-state index is 0.0910. The highest BCUT2D eigenvalue weighted by Gasteiger charge is 2.29. The van der Waals surface area contributed by atoms with Gasteiger partial charge in [0.05, 0.1) is 18.4 Å². The fraction of sp³-hybridized carbons (Fsp3) is 0.524. The summed E-state index contributed by atoms with van der Waals surface area (Å²) in [6.07, 6.45) is 4.74. The van der Waals surface area contributed by atoms with Crippen molar-refractivity contribution in [2.45, 2.75) is 51.7 Å². The quantitative estimate of drug-likeness (QED) is 0.857. The van der Waals surface area contributed by atoms with Crippen LogP contribution in [0.4, 0.5) is 5.82 Å². The number of rotatable bonds is 5. The molecule has 1 atom stereocenters. The second-order valence-corrected chi connectivity index (χ2v) is 7.74. The molecule has 0 spiro atoms. The van der Waals surface area contributed by atoms with Crippen molar-refractivity contribution in [3.05, 3.63) is 47.2 Å². The number of carbonyl (C=O) groups excluding carboxylic acids is 1. The van der Waals surface area contributed by atoms with Crippen molar-refractivity contribution in [1.82, 2.24) is 20.3 Å². The largest absolute Gasteiger partial charge is 0.370 e. The maximum absolute atomic E-state index is 12.4. The fourth-order valence-electron chi connectivity index (χ4n) is 3.76. The molecule has 0 radical (unpaired) electrons. The number of nitrogens with one attached hydrogen (secondary N) is 1. The number of ether oxygens (including phenoxy) is 1. The lowest BCUT2D eigenvalue weighted by molar-refractivity contribution is 0.0296. The van der Waals surface area contributed by atoms with Gasteiger partial charge in [0.2, 0.25) is 0 Å². The van der Waals surface area contributed by atoms with Gasteiger partial charge in [-0.3, -0.25) is 9.78 Å². The third-order valence-corrected chi connectivity index (χ3v) is 5.27. The van der Waals surface area contributed by atoms with E-state index in [-0.39, 0.29) is 17.9 Å². The maximum atomic E-state index is 12.4. The first-order valence-corrected chi connectivity index (χ1v) is 10.1. The molecule has 2 aromatic rings. The molecule has 2 aliphatic rings. The first-order valence-electron chi connectivity index (χ1n) is 10.1. The summed E-state index contributed by atoms with van der Waals surface area (Å²) in [5.41, 5.74) is 2.45. The minimum atomic E-state index is -0.0910. The summed E-state index contributed by atoms with van der Waals surface area (Å²) in [6, 6.07) is 5.87. The molecule has 7 heteroatoms. The van der Waals surface area contributed by atoms with E-state index in [0.717, 1.165) is 55.3 Å². The number of hydrogen-bond donors (Lipinski definition) is 1. The number of piperidine rings is 1. The Hall–Kier alpha value is -2.54. The van der Waals surface area contributed by atoms with Crippen LogP contribution in [-0.2, 0) is 17.8 Å². The molecular formula is C21H27N5O2. The van der Waals surface area contributed by atoms with Crippen LogP contribution in [0.2, 0.25) is 0 Å². The van der Waals surface area contributed by atoms with Gasteiger partial charge in [0.1, 0.15) is 17.3 Å².